The van der Waals surface area contributed by atoms with Crippen LogP contribution in [0.2, 0.25) is 0 Å². The van der Waals surface area contributed by atoms with Gasteiger partial charge in [-0.25, -0.2) is 0 Å². The average Bonchev–Trinajstić information content (AvgIpc) is 2.59. The molecule has 0 aromatic heterocycles. The average molecular weight is 312 g/mol. The minimum absolute atomic E-state index is 0.0273. The Hall–Kier alpha value is -1.87. The molecular formula is C20H28N2O. The number of benzene rings is 1. The van der Waals surface area contributed by atoms with Crippen LogP contribution in [0.5, 0.6) is 0 Å². The van der Waals surface area contributed by atoms with E-state index in [2.05, 4.69) is 54.6 Å². The molecule has 3 heteroatoms. The molecule has 2 atom stereocenters. The molecule has 3 nitrogen and oxygen atoms in total. The molecule has 0 saturated carbocycles. The highest BCUT2D eigenvalue weighted by Gasteiger charge is 2.31. The fourth-order valence-corrected chi connectivity index (χ4v) is 3.30. The summed E-state index contributed by atoms with van der Waals surface area (Å²) in [7, 11) is 0. The third kappa shape index (κ3) is 4.80. The van der Waals surface area contributed by atoms with E-state index < -0.39 is 0 Å². The van der Waals surface area contributed by atoms with Gasteiger partial charge >= 0.3 is 0 Å². The van der Waals surface area contributed by atoms with Crippen LogP contribution in [-0.2, 0) is 11.2 Å². The van der Waals surface area contributed by atoms with Crippen molar-refractivity contribution >= 4 is 5.91 Å². The smallest absolute Gasteiger partial charge is 0.224 e. The topological polar surface area (TPSA) is 32.3 Å². The van der Waals surface area contributed by atoms with Gasteiger partial charge in [0.15, 0.2) is 0 Å². The molecule has 1 aliphatic rings. The van der Waals surface area contributed by atoms with Crippen molar-refractivity contribution in [2.75, 3.05) is 26.2 Å². The van der Waals surface area contributed by atoms with Crippen LogP contribution in [0.15, 0.2) is 49.6 Å². The van der Waals surface area contributed by atoms with Crippen molar-refractivity contribution in [3.63, 3.8) is 0 Å². The zero-order chi connectivity index (χ0) is 16.7. The van der Waals surface area contributed by atoms with Crippen molar-refractivity contribution in [3.05, 3.63) is 60.7 Å². The fraction of sp³-hybridized carbons (Fsp3) is 0.450. The van der Waals surface area contributed by atoms with Crippen LogP contribution in [0.3, 0.4) is 0 Å². The van der Waals surface area contributed by atoms with Crippen LogP contribution in [0.25, 0.3) is 0 Å². The lowest BCUT2D eigenvalue weighted by atomic mass is 9.83. The summed E-state index contributed by atoms with van der Waals surface area (Å²) in [5.41, 5.74) is 2.69. The van der Waals surface area contributed by atoms with Crippen LogP contribution in [0.4, 0.5) is 0 Å². The summed E-state index contributed by atoms with van der Waals surface area (Å²) in [6.07, 6.45) is 5.60. The van der Waals surface area contributed by atoms with Crippen LogP contribution >= 0.6 is 0 Å². The van der Waals surface area contributed by atoms with Gasteiger partial charge in [0.2, 0.25) is 5.91 Å². The number of aryl methyl sites for hydroxylation is 1. The molecule has 124 valence electrons. The Balaban J connectivity index is 2.11. The Bertz CT molecular complexity index is 535. The SMILES string of the molecule is C=CCNC(=O)C1CC(c2ccc(CC)cc2)CN(CC=C)C1. The summed E-state index contributed by atoms with van der Waals surface area (Å²) >= 11 is 0. The lowest BCUT2D eigenvalue weighted by Crippen LogP contribution is -2.45. The molecule has 0 bridgehead atoms. The van der Waals surface area contributed by atoms with Crippen LogP contribution < -0.4 is 5.32 Å². The zero-order valence-corrected chi connectivity index (χ0v) is 14.1. The summed E-state index contributed by atoms with van der Waals surface area (Å²) in [6, 6.07) is 8.85. The molecule has 1 amide bonds. The first-order valence-corrected chi connectivity index (χ1v) is 8.48. The van der Waals surface area contributed by atoms with Gasteiger partial charge in [0.05, 0.1) is 5.92 Å². The number of carbonyl (C=O) groups is 1. The highest BCUT2D eigenvalue weighted by Crippen LogP contribution is 2.30. The maximum atomic E-state index is 12.4. The maximum absolute atomic E-state index is 12.4. The van der Waals surface area contributed by atoms with Crippen molar-refractivity contribution < 1.29 is 4.79 Å². The fourth-order valence-electron chi connectivity index (χ4n) is 3.30. The van der Waals surface area contributed by atoms with E-state index in [9.17, 15) is 4.79 Å². The number of nitrogens with one attached hydrogen (secondary N) is 1. The highest BCUT2D eigenvalue weighted by atomic mass is 16.1. The van der Waals surface area contributed by atoms with Crippen molar-refractivity contribution in [2.24, 2.45) is 5.92 Å². The normalized spacial score (nSPS) is 21.6. The number of piperidine rings is 1. The van der Waals surface area contributed by atoms with Crippen LogP contribution in [0.1, 0.15) is 30.4 Å². The summed E-state index contributed by atoms with van der Waals surface area (Å²) in [5, 5.41) is 2.95. The number of likely N-dealkylation sites (tertiary alicyclic amines) is 1. The Morgan fingerprint density at radius 2 is 2.00 bits per heavy atom. The number of nitrogens with zero attached hydrogens (tertiary/aromatic N) is 1. The van der Waals surface area contributed by atoms with Crippen molar-refractivity contribution in [1.82, 2.24) is 10.2 Å². The van der Waals surface area contributed by atoms with E-state index in [-0.39, 0.29) is 11.8 Å². The molecule has 1 N–H and O–H groups in total. The van der Waals surface area contributed by atoms with Gasteiger partial charge in [-0.05, 0) is 29.9 Å². The summed E-state index contributed by atoms with van der Waals surface area (Å²) in [6.45, 7) is 12.8. The van der Waals surface area contributed by atoms with Gasteiger partial charge in [0, 0.05) is 26.2 Å². The molecule has 1 aliphatic heterocycles. The maximum Gasteiger partial charge on any atom is 0.224 e. The molecule has 0 radical (unpaired) electrons. The number of amides is 1. The Morgan fingerprint density at radius 3 is 2.61 bits per heavy atom. The first-order chi connectivity index (χ1) is 11.2. The monoisotopic (exact) mass is 312 g/mol. The van der Waals surface area contributed by atoms with E-state index in [1.807, 2.05) is 6.08 Å². The van der Waals surface area contributed by atoms with E-state index in [0.29, 0.717) is 12.5 Å². The molecule has 0 aliphatic carbocycles. The molecule has 1 aromatic carbocycles. The standard InChI is InChI=1S/C20H28N2O/c1-4-11-21-20(23)19-13-18(14-22(15-19)12-5-2)17-9-7-16(6-3)8-10-17/h4-5,7-10,18-19H,1-2,6,11-15H2,3H3,(H,21,23). The number of rotatable bonds is 7. The van der Waals surface area contributed by atoms with E-state index in [1.165, 1.54) is 11.1 Å². The predicted molar refractivity (Wildman–Crippen MR) is 96.5 cm³/mol. The predicted octanol–water partition coefficient (Wildman–Crippen LogP) is 3.14. The lowest BCUT2D eigenvalue weighted by Gasteiger charge is -2.37. The molecule has 1 fully saturated rings. The Kier molecular flexibility index (Phi) is 6.60. The molecule has 1 heterocycles. The minimum Gasteiger partial charge on any atom is -0.352 e. The third-order valence-electron chi connectivity index (χ3n) is 4.56. The van der Waals surface area contributed by atoms with Gasteiger partial charge in [0.1, 0.15) is 0 Å². The molecule has 1 saturated heterocycles. The molecular weight excluding hydrogens is 284 g/mol. The quantitative estimate of drug-likeness (QED) is 0.785. The van der Waals surface area contributed by atoms with E-state index >= 15 is 0 Å². The number of carbonyl (C=O) groups excluding carboxylic acids is 1. The van der Waals surface area contributed by atoms with Gasteiger partial charge in [-0.1, -0.05) is 43.3 Å². The largest absolute Gasteiger partial charge is 0.352 e. The second-order valence-corrected chi connectivity index (χ2v) is 6.27. The third-order valence-corrected chi connectivity index (χ3v) is 4.56. The molecule has 2 unspecified atom stereocenters. The van der Waals surface area contributed by atoms with Gasteiger partial charge in [-0.15, -0.1) is 13.2 Å². The van der Waals surface area contributed by atoms with Crippen molar-refractivity contribution in [3.8, 4) is 0 Å². The zero-order valence-electron chi connectivity index (χ0n) is 14.1. The molecule has 0 spiro atoms. The van der Waals surface area contributed by atoms with E-state index in [1.54, 1.807) is 6.08 Å². The second kappa shape index (κ2) is 8.68. The van der Waals surface area contributed by atoms with Crippen LogP contribution in [0, 0.1) is 5.92 Å². The number of hydrogen-bond acceptors (Lipinski definition) is 2. The van der Waals surface area contributed by atoms with Crippen molar-refractivity contribution in [1.29, 1.82) is 0 Å². The van der Waals surface area contributed by atoms with Crippen molar-refractivity contribution in [2.45, 2.75) is 25.7 Å². The Morgan fingerprint density at radius 1 is 1.26 bits per heavy atom. The minimum atomic E-state index is 0.0273. The summed E-state index contributed by atoms with van der Waals surface area (Å²) in [4.78, 5) is 14.7. The van der Waals surface area contributed by atoms with Crippen LogP contribution in [-0.4, -0.2) is 37.0 Å². The Labute approximate surface area is 140 Å². The first kappa shape index (κ1) is 17.5. The number of hydrogen-bond donors (Lipinski definition) is 1. The van der Waals surface area contributed by atoms with Gasteiger partial charge in [0.25, 0.3) is 0 Å². The summed E-state index contributed by atoms with van der Waals surface area (Å²) < 4.78 is 0. The molecule has 1 aromatic rings. The molecule has 23 heavy (non-hydrogen) atoms. The van der Waals surface area contributed by atoms with Gasteiger partial charge in [-0.2, -0.15) is 0 Å². The van der Waals surface area contributed by atoms with E-state index in [0.717, 1.165) is 32.5 Å². The first-order valence-electron chi connectivity index (χ1n) is 8.48. The van der Waals surface area contributed by atoms with Gasteiger partial charge < -0.3 is 5.32 Å². The molecule has 2 rings (SSSR count). The second-order valence-electron chi connectivity index (χ2n) is 6.27. The van der Waals surface area contributed by atoms with E-state index in [4.69, 9.17) is 0 Å². The highest BCUT2D eigenvalue weighted by molar-refractivity contribution is 5.79. The lowest BCUT2D eigenvalue weighted by molar-refractivity contribution is -0.126. The van der Waals surface area contributed by atoms with Gasteiger partial charge in [-0.3, -0.25) is 9.69 Å². The summed E-state index contributed by atoms with van der Waals surface area (Å²) in [5.74, 6) is 0.558.